The van der Waals surface area contributed by atoms with Crippen LogP contribution >= 0.6 is 0 Å². The molecule has 1 aliphatic rings. The average Bonchev–Trinajstić information content (AvgIpc) is 2.81. The van der Waals surface area contributed by atoms with Crippen LogP contribution in [0.3, 0.4) is 0 Å². The SMILES string of the molecule is NCC(C(=O)NC1C=c2ccncc2=CC1)c1ccc(OC(=O)Cc2ccccc2)cc1. The lowest BCUT2D eigenvalue weighted by Gasteiger charge is -2.21. The van der Waals surface area contributed by atoms with Crippen molar-refractivity contribution in [1.29, 1.82) is 0 Å². The Hall–Kier alpha value is -3.77. The van der Waals surface area contributed by atoms with Crippen molar-refractivity contribution in [3.05, 3.63) is 94.6 Å². The van der Waals surface area contributed by atoms with Crippen LogP contribution in [-0.4, -0.2) is 29.4 Å². The number of benzene rings is 2. The van der Waals surface area contributed by atoms with Crippen molar-refractivity contribution in [2.24, 2.45) is 5.73 Å². The number of ether oxygens (including phenoxy) is 1. The largest absolute Gasteiger partial charge is 0.426 e. The molecule has 32 heavy (non-hydrogen) atoms. The third kappa shape index (κ3) is 5.28. The molecule has 4 rings (SSSR count). The minimum atomic E-state index is -0.490. The van der Waals surface area contributed by atoms with Crippen LogP contribution in [0.15, 0.2) is 73.1 Å². The number of esters is 1. The summed E-state index contributed by atoms with van der Waals surface area (Å²) in [5.41, 5.74) is 7.59. The number of hydrogen-bond donors (Lipinski definition) is 2. The molecule has 1 heterocycles. The van der Waals surface area contributed by atoms with E-state index in [0.29, 0.717) is 12.2 Å². The molecule has 162 valence electrons. The topological polar surface area (TPSA) is 94.3 Å². The highest BCUT2D eigenvalue weighted by atomic mass is 16.5. The van der Waals surface area contributed by atoms with Crippen LogP contribution in [-0.2, 0) is 16.0 Å². The summed E-state index contributed by atoms with van der Waals surface area (Å²) in [6.07, 6.45) is 8.58. The van der Waals surface area contributed by atoms with Crippen LogP contribution in [0.1, 0.15) is 23.5 Å². The van der Waals surface area contributed by atoms with Gasteiger partial charge in [0.05, 0.1) is 18.4 Å². The molecule has 1 aromatic heterocycles. The number of aromatic nitrogens is 1. The Morgan fingerprint density at radius 1 is 1.06 bits per heavy atom. The molecule has 2 unspecified atom stereocenters. The fourth-order valence-electron chi connectivity index (χ4n) is 3.76. The summed E-state index contributed by atoms with van der Waals surface area (Å²) in [5.74, 6) is -0.521. The van der Waals surface area contributed by atoms with Crippen molar-refractivity contribution in [2.45, 2.75) is 24.8 Å². The van der Waals surface area contributed by atoms with Crippen molar-refractivity contribution in [3.63, 3.8) is 0 Å². The highest BCUT2D eigenvalue weighted by Gasteiger charge is 2.22. The Labute approximate surface area is 186 Å². The van der Waals surface area contributed by atoms with E-state index in [4.69, 9.17) is 10.5 Å². The van der Waals surface area contributed by atoms with Gasteiger partial charge in [-0.3, -0.25) is 14.6 Å². The number of rotatable bonds is 7. The summed E-state index contributed by atoms with van der Waals surface area (Å²) >= 11 is 0. The van der Waals surface area contributed by atoms with Gasteiger partial charge in [-0.15, -0.1) is 0 Å². The first kappa shape index (κ1) is 21.5. The smallest absolute Gasteiger partial charge is 0.315 e. The maximum Gasteiger partial charge on any atom is 0.315 e. The summed E-state index contributed by atoms with van der Waals surface area (Å²) in [5, 5.41) is 5.20. The Kier molecular flexibility index (Phi) is 6.72. The van der Waals surface area contributed by atoms with E-state index in [1.54, 1.807) is 30.5 Å². The standard InChI is InChI=1S/C26H25N3O3/c27-16-24(26(31)29-22-9-6-21-17-28-13-12-20(21)15-22)19-7-10-23(11-8-19)32-25(30)14-18-4-2-1-3-5-18/h1-8,10-13,15,17,22,24H,9,14,16,27H2,(H,29,31). The van der Waals surface area contributed by atoms with Crippen LogP contribution in [0.2, 0.25) is 0 Å². The Morgan fingerprint density at radius 3 is 2.59 bits per heavy atom. The van der Waals surface area contributed by atoms with Gasteiger partial charge < -0.3 is 15.8 Å². The lowest BCUT2D eigenvalue weighted by molar-refractivity contribution is -0.133. The minimum Gasteiger partial charge on any atom is -0.426 e. The zero-order chi connectivity index (χ0) is 22.3. The number of nitrogens with two attached hydrogens (primary N) is 1. The van der Waals surface area contributed by atoms with Crippen molar-refractivity contribution in [3.8, 4) is 5.75 Å². The second-order valence-electron chi connectivity index (χ2n) is 7.72. The van der Waals surface area contributed by atoms with E-state index in [1.807, 2.05) is 48.7 Å². The Morgan fingerprint density at radius 2 is 1.84 bits per heavy atom. The minimum absolute atomic E-state index is 0.0929. The maximum absolute atomic E-state index is 12.9. The van der Waals surface area contributed by atoms with E-state index in [1.165, 1.54) is 0 Å². The number of nitrogens with one attached hydrogen (secondary N) is 1. The molecule has 0 aliphatic heterocycles. The van der Waals surface area contributed by atoms with Gasteiger partial charge in [0.1, 0.15) is 5.75 Å². The number of fused-ring (bicyclic) bond motifs is 1. The average molecular weight is 428 g/mol. The molecule has 0 spiro atoms. The summed E-state index contributed by atoms with van der Waals surface area (Å²) in [6.45, 7) is 0.177. The van der Waals surface area contributed by atoms with Crippen LogP contribution in [0.5, 0.6) is 5.75 Å². The molecule has 3 N–H and O–H groups in total. The molecule has 2 aromatic carbocycles. The van der Waals surface area contributed by atoms with E-state index in [-0.39, 0.29) is 30.9 Å². The van der Waals surface area contributed by atoms with Crippen molar-refractivity contribution < 1.29 is 14.3 Å². The summed E-state index contributed by atoms with van der Waals surface area (Å²) < 4.78 is 5.42. The molecule has 6 heteroatoms. The molecular weight excluding hydrogens is 402 g/mol. The number of nitrogens with zero attached hydrogens (tertiary/aromatic N) is 1. The van der Waals surface area contributed by atoms with Gasteiger partial charge in [-0.2, -0.15) is 0 Å². The highest BCUT2D eigenvalue weighted by Crippen LogP contribution is 2.20. The van der Waals surface area contributed by atoms with E-state index < -0.39 is 5.92 Å². The molecule has 0 fully saturated rings. The van der Waals surface area contributed by atoms with Gasteiger partial charge in [0.15, 0.2) is 0 Å². The molecule has 6 nitrogen and oxygen atoms in total. The maximum atomic E-state index is 12.9. The van der Waals surface area contributed by atoms with Gasteiger partial charge in [-0.25, -0.2) is 0 Å². The van der Waals surface area contributed by atoms with Gasteiger partial charge in [-0.05, 0) is 46.2 Å². The first-order valence-corrected chi connectivity index (χ1v) is 10.6. The van der Waals surface area contributed by atoms with Gasteiger partial charge in [0.25, 0.3) is 0 Å². The molecule has 0 saturated heterocycles. The predicted octanol–water partition coefficient (Wildman–Crippen LogP) is 1.42. The van der Waals surface area contributed by atoms with E-state index in [0.717, 1.165) is 21.6 Å². The number of pyridine rings is 1. The van der Waals surface area contributed by atoms with Gasteiger partial charge >= 0.3 is 5.97 Å². The lowest BCUT2D eigenvalue weighted by Crippen LogP contribution is -2.43. The summed E-state index contributed by atoms with van der Waals surface area (Å²) in [4.78, 5) is 29.2. The third-order valence-electron chi connectivity index (χ3n) is 5.44. The second kappa shape index (κ2) is 10.0. The fourth-order valence-corrected chi connectivity index (χ4v) is 3.76. The van der Waals surface area contributed by atoms with E-state index in [2.05, 4.69) is 16.4 Å². The quantitative estimate of drug-likeness (QED) is 0.439. The lowest BCUT2D eigenvalue weighted by atomic mass is 9.97. The zero-order valence-electron chi connectivity index (χ0n) is 17.6. The third-order valence-corrected chi connectivity index (χ3v) is 5.44. The van der Waals surface area contributed by atoms with Crippen LogP contribution < -0.4 is 26.2 Å². The first-order valence-electron chi connectivity index (χ1n) is 10.6. The van der Waals surface area contributed by atoms with Gasteiger partial charge in [-0.1, -0.05) is 54.6 Å². The van der Waals surface area contributed by atoms with Gasteiger partial charge in [0.2, 0.25) is 5.91 Å². The number of hydrogen-bond acceptors (Lipinski definition) is 5. The molecule has 1 aliphatic carbocycles. The van der Waals surface area contributed by atoms with Crippen LogP contribution in [0.4, 0.5) is 0 Å². The number of carbonyl (C=O) groups is 2. The van der Waals surface area contributed by atoms with Crippen LogP contribution in [0.25, 0.3) is 12.2 Å². The van der Waals surface area contributed by atoms with Crippen molar-refractivity contribution in [2.75, 3.05) is 6.54 Å². The molecule has 1 amide bonds. The first-order chi connectivity index (χ1) is 15.6. The molecular formula is C26H25N3O3. The van der Waals surface area contributed by atoms with E-state index >= 15 is 0 Å². The summed E-state index contributed by atoms with van der Waals surface area (Å²) in [7, 11) is 0. The Bertz CT molecular complexity index is 1210. The monoisotopic (exact) mass is 427 g/mol. The summed E-state index contributed by atoms with van der Waals surface area (Å²) in [6, 6.07) is 18.2. The Balaban J connectivity index is 1.38. The number of amides is 1. The second-order valence-corrected chi connectivity index (χ2v) is 7.72. The normalized spacial score (nSPS) is 15.5. The zero-order valence-corrected chi connectivity index (χ0v) is 17.6. The molecule has 0 bridgehead atoms. The van der Waals surface area contributed by atoms with Crippen molar-refractivity contribution in [1.82, 2.24) is 10.3 Å². The predicted molar refractivity (Wildman–Crippen MR) is 123 cm³/mol. The molecule has 0 saturated carbocycles. The van der Waals surface area contributed by atoms with E-state index in [9.17, 15) is 9.59 Å². The highest BCUT2D eigenvalue weighted by molar-refractivity contribution is 5.85. The number of carbonyl (C=O) groups excluding carboxylic acids is 2. The van der Waals surface area contributed by atoms with Gasteiger partial charge in [0, 0.05) is 18.9 Å². The molecule has 3 aromatic rings. The van der Waals surface area contributed by atoms with Crippen LogP contribution in [0, 0.1) is 0 Å². The molecule has 0 radical (unpaired) electrons. The fraction of sp³-hybridized carbons (Fsp3) is 0.192. The molecule has 2 atom stereocenters. The van der Waals surface area contributed by atoms with Crippen molar-refractivity contribution >= 4 is 24.0 Å².